The van der Waals surface area contributed by atoms with Crippen LogP contribution in [0.4, 0.5) is 5.69 Å². The van der Waals surface area contributed by atoms with E-state index in [1.807, 2.05) is 30.3 Å². The zero-order valence-corrected chi connectivity index (χ0v) is 11.6. The topological polar surface area (TPSA) is 76.2 Å². The molecular weight excluding hydrogens is 282 g/mol. The lowest BCUT2D eigenvalue weighted by atomic mass is 10.2. The quantitative estimate of drug-likeness (QED) is 0.761. The Bertz CT molecular complexity index is 843. The molecule has 1 aliphatic rings. The van der Waals surface area contributed by atoms with E-state index in [1.165, 1.54) is 0 Å². The Morgan fingerprint density at radius 2 is 2.09 bits per heavy atom. The summed E-state index contributed by atoms with van der Waals surface area (Å²) in [5, 5.41) is 2.83. The number of carbonyl (C=O) groups is 1. The Balaban J connectivity index is 1.50. The van der Waals surface area contributed by atoms with Gasteiger partial charge in [-0.3, -0.25) is 4.79 Å². The minimum Gasteiger partial charge on any atom is -0.485 e. The van der Waals surface area contributed by atoms with Crippen molar-refractivity contribution in [1.82, 2.24) is 9.97 Å². The van der Waals surface area contributed by atoms with Gasteiger partial charge in [-0.25, -0.2) is 4.98 Å². The van der Waals surface area contributed by atoms with Crippen molar-refractivity contribution in [2.75, 3.05) is 11.9 Å². The lowest BCUT2D eigenvalue weighted by Gasteiger charge is -2.25. The number of hydrogen-bond acceptors (Lipinski definition) is 4. The molecule has 4 rings (SSSR count). The highest BCUT2D eigenvalue weighted by Crippen LogP contribution is 2.31. The molecule has 6 nitrogen and oxygen atoms in total. The third-order valence-corrected chi connectivity index (χ3v) is 3.49. The van der Waals surface area contributed by atoms with Gasteiger partial charge in [0, 0.05) is 5.69 Å². The number of ether oxygens (including phenoxy) is 2. The summed E-state index contributed by atoms with van der Waals surface area (Å²) in [6.45, 7) is 0.190. The van der Waals surface area contributed by atoms with Crippen LogP contribution in [0, 0.1) is 0 Å². The standard InChI is InChI=1S/C16H13N3O3/c20-16(15-8-21-13-3-1-2-4-14(13)22-15)19-10-5-6-11-12(7-10)18-9-17-11/h1-7,9,15H,8H2,(H,17,18)(H,19,20)/t15-/m0/s1. The van der Waals surface area contributed by atoms with Gasteiger partial charge in [0.05, 0.1) is 17.4 Å². The van der Waals surface area contributed by atoms with E-state index in [2.05, 4.69) is 15.3 Å². The number of anilines is 1. The molecule has 3 aromatic rings. The van der Waals surface area contributed by atoms with Gasteiger partial charge < -0.3 is 19.8 Å². The molecule has 22 heavy (non-hydrogen) atoms. The van der Waals surface area contributed by atoms with E-state index in [-0.39, 0.29) is 12.5 Å². The SMILES string of the molecule is O=C(Nc1ccc2nc[nH]c2c1)[C@@H]1COc2ccccc2O1. The summed E-state index contributed by atoms with van der Waals surface area (Å²) in [7, 11) is 0. The highest BCUT2D eigenvalue weighted by molar-refractivity contribution is 5.96. The molecule has 0 fully saturated rings. The number of aromatic amines is 1. The summed E-state index contributed by atoms with van der Waals surface area (Å²) < 4.78 is 11.2. The van der Waals surface area contributed by atoms with Crippen LogP contribution in [0.2, 0.25) is 0 Å². The second-order valence-corrected chi connectivity index (χ2v) is 4.99. The van der Waals surface area contributed by atoms with Crippen molar-refractivity contribution in [3.05, 3.63) is 48.8 Å². The molecule has 0 saturated carbocycles. The largest absolute Gasteiger partial charge is 0.485 e. The van der Waals surface area contributed by atoms with Crippen LogP contribution in [0.25, 0.3) is 11.0 Å². The Morgan fingerprint density at radius 1 is 1.23 bits per heavy atom. The van der Waals surface area contributed by atoms with E-state index in [4.69, 9.17) is 9.47 Å². The van der Waals surface area contributed by atoms with Crippen LogP contribution in [0.3, 0.4) is 0 Å². The average molecular weight is 295 g/mol. The van der Waals surface area contributed by atoms with Gasteiger partial charge in [0.1, 0.15) is 6.61 Å². The van der Waals surface area contributed by atoms with E-state index < -0.39 is 6.10 Å². The second kappa shape index (κ2) is 5.07. The van der Waals surface area contributed by atoms with E-state index >= 15 is 0 Å². The van der Waals surface area contributed by atoms with Crippen molar-refractivity contribution >= 4 is 22.6 Å². The van der Waals surface area contributed by atoms with Crippen molar-refractivity contribution in [2.24, 2.45) is 0 Å². The van der Waals surface area contributed by atoms with Gasteiger partial charge in [-0.15, -0.1) is 0 Å². The highest BCUT2D eigenvalue weighted by atomic mass is 16.6. The molecule has 1 amide bonds. The fourth-order valence-electron chi connectivity index (χ4n) is 2.38. The van der Waals surface area contributed by atoms with Gasteiger partial charge in [0.2, 0.25) is 6.10 Å². The molecule has 1 atom stereocenters. The molecule has 2 aromatic carbocycles. The van der Waals surface area contributed by atoms with Crippen molar-refractivity contribution in [3.8, 4) is 11.5 Å². The Hall–Kier alpha value is -3.02. The lowest BCUT2D eigenvalue weighted by molar-refractivity contribution is -0.125. The number of fused-ring (bicyclic) bond motifs is 2. The van der Waals surface area contributed by atoms with Gasteiger partial charge in [-0.05, 0) is 30.3 Å². The molecule has 2 heterocycles. The van der Waals surface area contributed by atoms with Crippen LogP contribution in [-0.2, 0) is 4.79 Å². The van der Waals surface area contributed by atoms with Crippen LogP contribution in [0.1, 0.15) is 0 Å². The number of nitrogens with one attached hydrogen (secondary N) is 2. The smallest absolute Gasteiger partial charge is 0.269 e. The average Bonchev–Trinajstić information content (AvgIpc) is 3.02. The molecular formula is C16H13N3O3. The third-order valence-electron chi connectivity index (χ3n) is 3.49. The molecule has 0 bridgehead atoms. The summed E-state index contributed by atoms with van der Waals surface area (Å²) >= 11 is 0. The van der Waals surface area contributed by atoms with Gasteiger partial charge >= 0.3 is 0 Å². The number of imidazole rings is 1. The van der Waals surface area contributed by atoms with Gasteiger partial charge in [-0.1, -0.05) is 12.1 Å². The molecule has 0 saturated heterocycles. The summed E-state index contributed by atoms with van der Waals surface area (Å²) in [5.41, 5.74) is 2.40. The van der Waals surface area contributed by atoms with E-state index in [1.54, 1.807) is 18.5 Å². The van der Waals surface area contributed by atoms with Gasteiger partial charge in [0.25, 0.3) is 5.91 Å². The number of amides is 1. The zero-order valence-electron chi connectivity index (χ0n) is 11.6. The number of benzene rings is 2. The zero-order chi connectivity index (χ0) is 14.9. The molecule has 2 N–H and O–H groups in total. The van der Waals surface area contributed by atoms with Crippen LogP contribution in [0.15, 0.2) is 48.8 Å². The van der Waals surface area contributed by atoms with Crippen LogP contribution >= 0.6 is 0 Å². The first kappa shape index (κ1) is 12.7. The Morgan fingerprint density at radius 3 is 3.00 bits per heavy atom. The lowest BCUT2D eigenvalue weighted by Crippen LogP contribution is -2.40. The summed E-state index contributed by atoms with van der Waals surface area (Å²) in [6, 6.07) is 12.8. The Labute approximate surface area is 126 Å². The number of rotatable bonds is 2. The maximum absolute atomic E-state index is 12.3. The van der Waals surface area contributed by atoms with Crippen molar-refractivity contribution in [3.63, 3.8) is 0 Å². The summed E-state index contributed by atoms with van der Waals surface area (Å²) in [4.78, 5) is 19.5. The fraction of sp³-hybridized carbons (Fsp3) is 0.125. The first-order chi connectivity index (χ1) is 10.8. The van der Waals surface area contributed by atoms with Crippen molar-refractivity contribution in [1.29, 1.82) is 0 Å². The van der Waals surface area contributed by atoms with E-state index in [0.29, 0.717) is 17.2 Å². The molecule has 110 valence electrons. The van der Waals surface area contributed by atoms with Crippen molar-refractivity contribution < 1.29 is 14.3 Å². The van der Waals surface area contributed by atoms with Crippen LogP contribution in [-0.4, -0.2) is 28.6 Å². The van der Waals surface area contributed by atoms with E-state index in [9.17, 15) is 4.79 Å². The van der Waals surface area contributed by atoms with E-state index in [0.717, 1.165) is 11.0 Å². The minimum atomic E-state index is -0.674. The summed E-state index contributed by atoms with van der Waals surface area (Å²) in [6.07, 6.45) is 0.943. The van der Waals surface area contributed by atoms with Crippen LogP contribution in [0.5, 0.6) is 11.5 Å². The Kier molecular flexibility index (Phi) is 2.93. The molecule has 0 spiro atoms. The first-order valence-corrected chi connectivity index (χ1v) is 6.92. The summed E-state index contributed by atoms with van der Waals surface area (Å²) in [5.74, 6) is 0.997. The number of hydrogen-bond donors (Lipinski definition) is 2. The molecule has 0 radical (unpaired) electrons. The van der Waals surface area contributed by atoms with Gasteiger partial charge in [0.15, 0.2) is 11.5 Å². The maximum atomic E-state index is 12.3. The molecule has 1 aliphatic heterocycles. The third kappa shape index (κ3) is 2.24. The number of aromatic nitrogens is 2. The fourth-order valence-corrected chi connectivity index (χ4v) is 2.38. The van der Waals surface area contributed by atoms with Crippen molar-refractivity contribution in [2.45, 2.75) is 6.10 Å². The normalized spacial score (nSPS) is 16.5. The number of H-pyrrole nitrogens is 1. The van der Waals surface area contributed by atoms with Crippen LogP contribution < -0.4 is 14.8 Å². The number of para-hydroxylation sites is 2. The first-order valence-electron chi connectivity index (χ1n) is 6.92. The predicted molar refractivity (Wildman–Crippen MR) is 81.1 cm³/mol. The second-order valence-electron chi connectivity index (χ2n) is 4.99. The maximum Gasteiger partial charge on any atom is 0.269 e. The molecule has 1 aromatic heterocycles. The highest BCUT2D eigenvalue weighted by Gasteiger charge is 2.27. The molecule has 0 aliphatic carbocycles. The monoisotopic (exact) mass is 295 g/mol. The van der Waals surface area contributed by atoms with Gasteiger partial charge in [-0.2, -0.15) is 0 Å². The number of nitrogens with zero attached hydrogens (tertiary/aromatic N) is 1. The predicted octanol–water partition coefficient (Wildman–Crippen LogP) is 2.34. The minimum absolute atomic E-state index is 0.190. The molecule has 0 unspecified atom stereocenters. The molecule has 6 heteroatoms. The number of carbonyl (C=O) groups excluding carboxylic acids is 1.